The normalized spacial score (nSPS) is 10.7. The van der Waals surface area contributed by atoms with Gasteiger partial charge in [0.25, 0.3) is 0 Å². The Bertz CT molecular complexity index is 875. The third kappa shape index (κ3) is 5.85. The summed E-state index contributed by atoms with van der Waals surface area (Å²) in [7, 11) is 0. The molecule has 3 rings (SSSR count). The van der Waals surface area contributed by atoms with Gasteiger partial charge in [0.2, 0.25) is 5.91 Å². The molecule has 0 saturated heterocycles. The Kier molecular flexibility index (Phi) is 7.49. The fraction of sp³-hybridized carbons (Fsp3) is 0.286. The first-order valence-corrected chi connectivity index (χ1v) is 10.2. The predicted octanol–water partition coefficient (Wildman–Crippen LogP) is 3.64. The molecule has 7 heteroatoms. The van der Waals surface area contributed by atoms with Gasteiger partial charge in [-0.2, -0.15) is 0 Å². The molecule has 0 saturated carbocycles. The van der Waals surface area contributed by atoms with Crippen LogP contribution in [0.2, 0.25) is 0 Å². The number of thioether (sulfide) groups is 1. The van der Waals surface area contributed by atoms with E-state index in [2.05, 4.69) is 38.8 Å². The number of furan rings is 1. The van der Waals surface area contributed by atoms with Gasteiger partial charge in [-0.15, -0.1) is 16.8 Å². The summed E-state index contributed by atoms with van der Waals surface area (Å²) in [6.07, 6.45) is 5.57. The molecule has 0 spiro atoms. The van der Waals surface area contributed by atoms with Crippen molar-refractivity contribution < 1.29 is 9.21 Å². The molecule has 0 aliphatic heterocycles. The van der Waals surface area contributed by atoms with E-state index in [-0.39, 0.29) is 5.91 Å². The molecule has 146 valence electrons. The van der Waals surface area contributed by atoms with Crippen LogP contribution in [0.4, 0.5) is 0 Å². The maximum Gasteiger partial charge on any atom is 0.221 e. The second-order valence-electron chi connectivity index (χ2n) is 6.24. The van der Waals surface area contributed by atoms with Crippen molar-refractivity contribution in [2.75, 3.05) is 5.75 Å². The van der Waals surface area contributed by atoms with Crippen molar-refractivity contribution in [3.63, 3.8) is 0 Å². The van der Waals surface area contributed by atoms with Gasteiger partial charge in [0.05, 0.1) is 12.8 Å². The number of hydrogen-bond acceptors (Lipinski definition) is 5. The smallest absolute Gasteiger partial charge is 0.221 e. The molecular formula is C21H24N4O2S. The fourth-order valence-corrected chi connectivity index (χ4v) is 3.65. The first-order valence-electron chi connectivity index (χ1n) is 9.25. The lowest BCUT2D eigenvalue weighted by molar-refractivity contribution is -0.120. The van der Waals surface area contributed by atoms with Crippen molar-refractivity contribution in [2.24, 2.45) is 0 Å². The van der Waals surface area contributed by atoms with Gasteiger partial charge in [0.1, 0.15) is 11.6 Å². The molecule has 1 aromatic carbocycles. The van der Waals surface area contributed by atoms with Crippen molar-refractivity contribution in [2.45, 2.75) is 37.5 Å². The van der Waals surface area contributed by atoms with Gasteiger partial charge in [-0.05, 0) is 24.1 Å². The molecule has 1 amide bonds. The van der Waals surface area contributed by atoms with Crippen LogP contribution in [0, 0.1) is 0 Å². The monoisotopic (exact) mass is 396 g/mol. The summed E-state index contributed by atoms with van der Waals surface area (Å²) >= 11 is 1.54. The van der Waals surface area contributed by atoms with Crippen LogP contribution in [-0.2, 0) is 30.7 Å². The van der Waals surface area contributed by atoms with E-state index in [1.165, 1.54) is 17.3 Å². The van der Waals surface area contributed by atoms with E-state index in [1.54, 1.807) is 12.3 Å². The molecule has 2 heterocycles. The second-order valence-corrected chi connectivity index (χ2v) is 7.30. The van der Waals surface area contributed by atoms with Gasteiger partial charge < -0.3 is 14.3 Å². The minimum Gasteiger partial charge on any atom is -0.467 e. The third-order valence-electron chi connectivity index (χ3n) is 4.19. The zero-order chi connectivity index (χ0) is 19.6. The summed E-state index contributed by atoms with van der Waals surface area (Å²) in [5, 5.41) is 12.3. The van der Waals surface area contributed by atoms with Crippen LogP contribution in [0.25, 0.3) is 0 Å². The molecular weight excluding hydrogens is 372 g/mol. The van der Waals surface area contributed by atoms with E-state index in [1.807, 2.05) is 30.3 Å². The minimum absolute atomic E-state index is 0.0111. The van der Waals surface area contributed by atoms with E-state index >= 15 is 0 Å². The summed E-state index contributed by atoms with van der Waals surface area (Å²) in [5.74, 6) is 2.31. The number of rotatable bonds is 11. The third-order valence-corrected chi connectivity index (χ3v) is 5.15. The van der Waals surface area contributed by atoms with E-state index < -0.39 is 0 Å². The van der Waals surface area contributed by atoms with Gasteiger partial charge in [-0.25, -0.2) is 0 Å². The Labute approximate surface area is 169 Å². The van der Waals surface area contributed by atoms with Crippen molar-refractivity contribution in [1.82, 2.24) is 20.1 Å². The Hall–Kier alpha value is -2.80. The number of carbonyl (C=O) groups is 1. The summed E-state index contributed by atoms with van der Waals surface area (Å²) in [4.78, 5) is 12.0. The van der Waals surface area contributed by atoms with Gasteiger partial charge >= 0.3 is 0 Å². The largest absolute Gasteiger partial charge is 0.467 e. The number of carbonyl (C=O) groups excluding carboxylic acids is 1. The number of nitrogens with one attached hydrogen (secondary N) is 1. The highest BCUT2D eigenvalue weighted by atomic mass is 32.2. The first-order chi connectivity index (χ1) is 13.8. The Morgan fingerprint density at radius 3 is 2.79 bits per heavy atom. The quantitative estimate of drug-likeness (QED) is 0.396. The summed E-state index contributed by atoms with van der Waals surface area (Å²) in [6, 6.07) is 14.0. The molecule has 28 heavy (non-hydrogen) atoms. The van der Waals surface area contributed by atoms with Crippen LogP contribution < -0.4 is 5.32 Å². The zero-order valence-corrected chi connectivity index (χ0v) is 16.5. The van der Waals surface area contributed by atoms with Crippen LogP contribution in [0.5, 0.6) is 0 Å². The van der Waals surface area contributed by atoms with E-state index in [9.17, 15) is 4.79 Å². The highest BCUT2D eigenvalue weighted by Gasteiger charge is 2.12. The minimum atomic E-state index is -0.0111. The molecule has 0 unspecified atom stereocenters. The number of aryl methyl sites for hydroxylation is 2. The Morgan fingerprint density at radius 2 is 2.04 bits per heavy atom. The molecule has 0 radical (unpaired) electrons. The van der Waals surface area contributed by atoms with Crippen molar-refractivity contribution >= 4 is 17.7 Å². The SMILES string of the molecule is C=CCn1c(CCc2ccccc2)nnc1SCCC(=O)NCc1ccco1. The molecule has 0 aliphatic rings. The molecule has 0 bridgehead atoms. The number of amides is 1. The molecule has 3 aromatic rings. The topological polar surface area (TPSA) is 73.0 Å². The standard InChI is InChI=1S/C21H24N4O2S/c1-2-13-25-19(11-10-17-7-4-3-5-8-17)23-24-21(25)28-15-12-20(26)22-16-18-9-6-14-27-18/h2-9,14H,1,10-13,15-16H2,(H,22,26). The Balaban J connectivity index is 1.49. The Morgan fingerprint density at radius 1 is 1.18 bits per heavy atom. The van der Waals surface area contributed by atoms with Gasteiger partial charge in [0.15, 0.2) is 5.16 Å². The van der Waals surface area contributed by atoms with E-state index in [4.69, 9.17) is 4.42 Å². The zero-order valence-electron chi connectivity index (χ0n) is 15.7. The lowest BCUT2D eigenvalue weighted by Crippen LogP contribution is -2.22. The van der Waals surface area contributed by atoms with Crippen LogP contribution in [-0.4, -0.2) is 26.4 Å². The summed E-state index contributed by atoms with van der Waals surface area (Å²) in [5.41, 5.74) is 1.28. The number of benzene rings is 1. The van der Waals surface area contributed by atoms with Gasteiger partial charge in [0, 0.05) is 25.1 Å². The maximum absolute atomic E-state index is 12.0. The number of nitrogens with zero attached hydrogens (tertiary/aromatic N) is 3. The molecule has 2 aromatic heterocycles. The van der Waals surface area contributed by atoms with Crippen LogP contribution in [0.1, 0.15) is 23.6 Å². The lowest BCUT2D eigenvalue weighted by atomic mass is 10.1. The van der Waals surface area contributed by atoms with Crippen molar-refractivity contribution in [1.29, 1.82) is 0 Å². The predicted molar refractivity (Wildman–Crippen MR) is 110 cm³/mol. The van der Waals surface area contributed by atoms with Crippen LogP contribution in [0.3, 0.4) is 0 Å². The first kappa shape index (κ1) is 19.9. The number of hydrogen-bond donors (Lipinski definition) is 1. The van der Waals surface area contributed by atoms with Crippen LogP contribution >= 0.6 is 11.8 Å². The fourth-order valence-electron chi connectivity index (χ4n) is 2.75. The van der Waals surface area contributed by atoms with Crippen molar-refractivity contribution in [3.05, 3.63) is 78.5 Å². The molecule has 0 aliphatic carbocycles. The maximum atomic E-state index is 12.0. The highest BCUT2D eigenvalue weighted by molar-refractivity contribution is 7.99. The average molecular weight is 397 g/mol. The van der Waals surface area contributed by atoms with Gasteiger partial charge in [-0.3, -0.25) is 4.79 Å². The summed E-state index contributed by atoms with van der Waals surface area (Å²) in [6.45, 7) is 4.90. The molecule has 6 nitrogen and oxygen atoms in total. The van der Waals surface area contributed by atoms with E-state index in [0.29, 0.717) is 25.3 Å². The van der Waals surface area contributed by atoms with Crippen LogP contribution in [0.15, 0.2) is 71.0 Å². The molecule has 0 atom stereocenters. The van der Waals surface area contributed by atoms with Crippen molar-refractivity contribution in [3.8, 4) is 0 Å². The van der Waals surface area contributed by atoms with Gasteiger partial charge in [-0.1, -0.05) is 48.2 Å². The van der Waals surface area contributed by atoms with E-state index in [0.717, 1.165) is 29.6 Å². The number of aromatic nitrogens is 3. The lowest BCUT2D eigenvalue weighted by Gasteiger charge is -2.08. The summed E-state index contributed by atoms with van der Waals surface area (Å²) < 4.78 is 7.28. The molecule has 1 N–H and O–H groups in total. The number of allylic oxidation sites excluding steroid dienone is 1. The average Bonchev–Trinajstić information content (AvgIpc) is 3.37. The second kappa shape index (κ2) is 10.5. The molecule has 0 fully saturated rings. The highest BCUT2D eigenvalue weighted by Crippen LogP contribution is 2.19.